The smallest absolute Gasteiger partial charge is 0.420 e. The van der Waals surface area contributed by atoms with E-state index in [0.29, 0.717) is 0 Å². The van der Waals surface area contributed by atoms with E-state index in [1.807, 2.05) is 6.07 Å². The highest BCUT2D eigenvalue weighted by Gasteiger charge is 2.08. The van der Waals surface area contributed by atoms with Gasteiger partial charge in [-0.1, -0.05) is 30.3 Å². The Balaban J connectivity index is 2.42. The van der Waals surface area contributed by atoms with E-state index in [9.17, 15) is 9.00 Å². The van der Waals surface area contributed by atoms with Crippen molar-refractivity contribution in [2.45, 2.75) is 6.61 Å². The lowest BCUT2D eigenvalue weighted by molar-refractivity contribution is 0.146. The van der Waals surface area contributed by atoms with Crippen LogP contribution in [0, 0.1) is 4.78 Å². The zero-order chi connectivity index (χ0) is 11.3. The van der Waals surface area contributed by atoms with Crippen molar-refractivity contribution in [1.29, 1.82) is 4.78 Å². The maximum absolute atomic E-state index is 10.9. The summed E-state index contributed by atoms with van der Waals surface area (Å²) in [4.78, 5) is 10.9. The highest BCUT2D eigenvalue weighted by molar-refractivity contribution is 8.13. The molecule has 0 aliphatic carbocycles. The first-order chi connectivity index (χ1) is 6.97. The molecule has 0 heterocycles. The molecule has 1 unspecified atom stereocenters. The van der Waals surface area contributed by atoms with Crippen molar-refractivity contribution in [1.82, 2.24) is 4.72 Å². The lowest BCUT2D eigenvalue weighted by atomic mass is 10.2. The summed E-state index contributed by atoms with van der Waals surface area (Å²) in [6.07, 6.45) is -0.978. The van der Waals surface area contributed by atoms with Gasteiger partial charge in [-0.15, -0.1) is 0 Å². The first-order valence-electron chi connectivity index (χ1n) is 3.94. The Morgan fingerprint density at radius 3 is 2.60 bits per heavy atom. The molecule has 0 saturated carbocycles. The molecule has 7 heteroatoms. The summed E-state index contributed by atoms with van der Waals surface area (Å²) >= 11 is 0. The topological polar surface area (TPSA) is 79.3 Å². The summed E-state index contributed by atoms with van der Waals surface area (Å²) in [7, 11) is 1.41. The highest BCUT2D eigenvalue weighted by Crippen LogP contribution is 2.01. The lowest BCUT2D eigenvalue weighted by Crippen LogP contribution is -2.26. The van der Waals surface area contributed by atoms with Crippen LogP contribution < -0.4 is 4.72 Å². The molecule has 1 aromatic carbocycles. The summed E-state index contributed by atoms with van der Waals surface area (Å²) in [5.41, 5.74) is 0.790. The molecule has 1 atom stereocenters. The fraction of sp³-hybridized carbons (Fsp3) is 0.125. The molecule has 0 spiro atoms. The number of hydrogen-bond acceptors (Lipinski definition) is 4. The van der Waals surface area contributed by atoms with Gasteiger partial charge in [-0.05, 0) is 5.56 Å². The second-order valence-electron chi connectivity index (χ2n) is 2.65. The van der Waals surface area contributed by atoms with Gasteiger partial charge >= 0.3 is 6.09 Å². The molecule has 0 aliphatic rings. The van der Waals surface area contributed by atoms with Crippen LogP contribution in [0.2, 0.25) is 0 Å². The molecule has 2 N–H and O–H groups in total. The van der Waals surface area contributed by atoms with Crippen molar-refractivity contribution in [2.24, 2.45) is 0 Å². The van der Waals surface area contributed by atoms with Gasteiger partial charge < -0.3 is 4.74 Å². The van der Waals surface area contributed by atoms with E-state index < -0.39 is 15.2 Å². The van der Waals surface area contributed by atoms with Gasteiger partial charge in [-0.3, -0.25) is 0 Å². The Bertz CT molecular complexity index is 432. The molecule has 0 bridgehead atoms. The molecule has 1 rings (SSSR count). The number of ether oxygens (including phenoxy) is 1. The van der Waals surface area contributed by atoms with Gasteiger partial charge in [0.1, 0.15) is 6.61 Å². The van der Waals surface area contributed by atoms with Gasteiger partial charge in [0.25, 0.3) is 0 Å². The van der Waals surface area contributed by atoms with E-state index in [4.69, 9.17) is 15.5 Å². The van der Waals surface area contributed by atoms with Gasteiger partial charge in [0.05, 0.1) is 0 Å². The number of halogens is 1. The molecule has 15 heavy (non-hydrogen) atoms. The summed E-state index contributed by atoms with van der Waals surface area (Å²) in [5, 5.41) is 0. The average molecular weight is 249 g/mol. The maximum Gasteiger partial charge on any atom is 0.420 e. The van der Waals surface area contributed by atoms with Crippen LogP contribution in [0.4, 0.5) is 4.79 Å². The van der Waals surface area contributed by atoms with E-state index in [2.05, 4.69) is 4.74 Å². The molecule has 0 radical (unpaired) electrons. The third-order valence-electron chi connectivity index (χ3n) is 1.43. The largest absolute Gasteiger partial charge is 0.444 e. The van der Waals surface area contributed by atoms with Crippen molar-refractivity contribution >= 4 is 25.9 Å². The number of carbonyl (C=O) groups excluding carboxylic acids is 1. The molecule has 5 nitrogen and oxygen atoms in total. The van der Waals surface area contributed by atoms with Gasteiger partial charge in [-0.25, -0.2) is 18.5 Å². The quantitative estimate of drug-likeness (QED) is 0.804. The molecule has 0 fully saturated rings. The fourth-order valence-corrected chi connectivity index (χ4v) is 1.32. The Morgan fingerprint density at radius 2 is 2.07 bits per heavy atom. The molecule has 1 aromatic rings. The van der Waals surface area contributed by atoms with Gasteiger partial charge in [0.2, 0.25) is 9.13 Å². The number of nitrogens with one attached hydrogen (secondary N) is 2. The monoisotopic (exact) mass is 248 g/mol. The van der Waals surface area contributed by atoms with Crippen molar-refractivity contribution in [3.05, 3.63) is 35.9 Å². The van der Waals surface area contributed by atoms with E-state index in [1.165, 1.54) is 0 Å². The summed E-state index contributed by atoms with van der Waals surface area (Å²) in [6.45, 7) is 0.0408. The van der Waals surface area contributed by atoms with E-state index in [0.717, 1.165) is 5.56 Å². The Morgan fingerprint density at radius 1 is 1.47 bits per heavy atom. The van der Waals surface area contributed by atoms with Crippen molar-refractivity contribution in [2.75, 3.05) is 0 Å². The molecule has 1 amide bonds. The van der Waals surface area contributed by atoms with Crippen molar-refractivity contribution in [3.8, 4) is 0 Å². The number of hydrogen-bond donors (Lipinski definition) is 2. The van der Waals surface area contributed by atoms with Crippen LogP contribution in [0.25, 0.3) is 0 Å². The first-order valence-corrected chi connectivity index (χ1v) is 6.32. The molecule has 0 aromatic heterocycles. The Kier molecular flexibility index (Phi) is 3.93. The Labute approximate surface area is 92.0 Å². The van der Waals surface area contributed by atoms with Crippen molar-refractivity contribution in [3.63, 3.8) is 0 Å². The van der Waals surface area contributed by atoms with Crippen LogP contribution in [0.1, 0.15) is 5.56 Å². The second kappa shape index (κ2) is 4.99. The predicted molar refractivity (Wildman–Crippen MR) is 56.5 cm³/mol. The standard InChI is InChI=1S/C8H9ClN2O3S/c9-15(10,13)11-8(12)14-6-7-4-2-1-3-5-7/h1-5H,6H2,(H2,10,11,12,13). The lowest BCUT2D eigenvalue weighted by Gasteiger charge is -2.05. The van der Waals surface area contributed by atoms with Gasteiger partial charge in [-0.2, -0.15) is 0 Å². The predicted octanol–water partition coefficient (Wildman–Crippen LogP) is 2.03. The van der Waals surface area contributed by atoms with Crippen LogP contribution in [-0.4, -0.2) is 10.3 Å². The zero-order valence-corrected chi connectivity index (χ0v) is 9.18. The van der Waals surface area contributed by atoms with Crippen LogP contribution in [0.3, 0.4) is 0 Å². The van der Waals surface area contributed by atoms with Crippen LogP contribution in [0.15, 0.2) is 30.3 Å². The molecule has 0 aliphatic heterocycles. The maximum atomic E-state index is 10.9. The van der Waals surface area contributed by atoms with Crippen molar-refractivity contribution < 1.29 is 13.7 Å². The van der Waals surface area contributed by atoms with Crippen LogP contribution in [-0.2, 0) is 20.5 Å². The molecule has 0 saturated heterocycles. The SMILES string of the molecule is N=S(=O)(Cl)NC(=O)OCc1ccccc1. The summed E-state index contributed by atoms with van der Waals surface area (Å²) in [6, 6.07) is 8.97. The fourth-order valence-electron chi connectivity index (χ4n) is 0.860. The molecular formula is C8H9ClN2O3S. The van der Waals surface area contributed by atoms with E-state index in [-0.39, 0.29) is 6.61 Å². The minimum atomic E-state index is -3.58. The normalized spacial score (nSPS) is 13.9. The average Bonchev–Trinajstić information content (AvgIpc) is 2.14. The minimum Gasteiger partial charge on any atom is -0.444 e. The van der Waals surface area contributed by atoms with Gasteiger partial charge in [0, 0.05) is 10.7 Å². The van der Waals surface area contributed by atoms with E-state index >= 15 is 0 Å². The zero-order valence-electron chi connectivity index (χ0n) is 7.60. The number of amides is 1. The summed E-state index contributed by atoms with van der Waals surface area (Å²) in [5.74, 6) is 0. The Hall–Kier alpha value is -1.27. The molecule has 82 valence electrons. The summed E-state index contributed by atoms with van der Waals surface area (Å²) < 4.78 is 23.7. The number of rotatable bonds is 3. The minimum absolute atomic E-state index is 0.0408. The first kappa shape index (κ1) is 11.8. The number of carbonyl (C=O) groups is 1. The van der Waals surface area contributed by atoms with Crippen LogP contribution >= 0.6 is 10.7 Å². The third-order valence-corrected chi connectivity index (χ3v) is 2.09. The number of benzene rings is 1. The van der Waals surface area contributed by atoms with E-state index in [1.54, 1.807) is 29.0 Å². The van der Waals surface area contributed by atoms with Gasteiger partial charge in [0.15, 0.2) is 0 Å². The second-order valence-corrected chi connectivity index (χ2v) is 5.13. The van der Waals surface area contributed by atoms with Crippen LogP contribution in [0.5, 0.6) is 0 Å². The molecular weight excluding hydrogens is 240 g/mol. The third kappa shape index (κ3) is 5.24. The highest BCUT2D eigenvalue weighted by atomic mass is 35.7.